The molecule has 0 radical (unpaired) electrons. The molecule has 0 aliphatic carbocycles. The zero-order chi connectivity index (χ0) is 18.8. The van der Waals surface area contributed by atoms with Gasteiger partial charge in [-0.15, -0.1) is 0 Å². The number of benzene rings is 1. The number of amides is 1. The minimum Gasteiger partial charge on any atom is -0.482 e. The van der Waals surface area contributed by atoms with Gasteiger partial charge in [0.05, 0.1) is 10.9 Å². The van der Waals surface area contributed by atoms with Crippen molar-refractivity contribution < 1.29 is 14.1 Å². The smallest absolute Gasteiger partial charge is 0.260 e. The Morgan fingerprint density at radius 1 is 1.22 bits per heavy atom. The number of ether oxygens (including phenoxy) is 1. The van der Waals surface area contributed by atoms with Crippen LogP contribution in [0.15, 0.2) is 41.2 Å². The first-order chi connectivity index (χ1) is 13.1. The Bertz CT molecular complexity index is 960. The molecule has 2 aromatic heterocycles. The van der Waals surface area contributed by atoms with Crippen molar-refractivity contribution in [1.82, 2.24) is 25.0 Å². The fourth-order valence-corrected chi connectivity index (χ4v) is 3.03. The molecule has 0 saturated carbocycles. The maximum Gasteiger partial charge on any atom is 0.260 e. The van der Waals surface area contributed by atoms with Gasteiger partial charge in [-0.3, -0.25) is 4.79 Å². The van der Waals surface area contributed by atoms with Gasteiger partial charge in [0.25, 0.3) is 5.91 Å². The van der Waals surface area contributed by atoms with E-state index in [0.717, 1.165) is 0 Å². The van der Waals surface area contributed by atoms with Gasteiger partial charge >= 0.3 is 0 Å². The molecule has 1 fully saturated rings. The van der Waals surface area contributed by atoms with Crippen LogP contribution < -0.4 is 4.74 Å². The van der Waals surface area contributed by atoms with Crippen molar-refractivity contribution in [3.8, 4) is 17.4 Å². The van der Waals surface area contributed by atoms with Crippen LogP contribution in [-0.2, 0) is 4.79 Å². The van der Waals surface area contributed by atoms with E-state index in [-0.39, 0.29) is 18.4 Å². The number of aromatic nitrogens is 4. The highest BCUT2D eigenvalue weighted by Gasteiger charge is 2.36. The van der Waals surface area contributed by atoms with E-state index in [9.17, 15) is 4.79 Å². The lowest BCUT2D eigenvalue weighted by atomic mass is 10.0. The number of hydrogen-bond donors (Lipinski definition) is 0. The van der Waals surface area contributed by atoms with Gasteiger partial charge in [-0.1, -0.05) is 28.4 Å². The quantitative estimate of drug-likeness (QED) is 0.643. The molecule has 3 aromatic rings. The predicted molar refractivity (Wildman–Crippen MR) is 96.6 cm³/mol. The summed E-state index contributed by atoms with van der Waals surface area (Å²) in [6.45, 7) is 0.850. The summed E-state index contributed by atoms with van der Waals surface area (Å²) in [4.78, 5) is 26.3. The van der Waals surface area contributed by atoms with Crippen molar-refractivity contribution in [1.29, 1.82) is 0 Å². The van der Waals surface area contributed by atoms with E-state index < -0.39 is 0 Å². The summed E-state index contributed by atoms with van der Waals surface area (Å²) in [6.07, 6.45) is 3.21. The van der Waals surface area contributed by atoms with Gasteiger partial charge < -0.3 is 14.2 Å². The van der Waals surface area contributed by atoms with Crippen LogP contribution in [0.5, 0.6) is 5.75 Å². The molecule has 0 atom stereocenters. The third kappa shape index (κ3) is 3.86. The van der Waals surface area contributed by atoms with Gasteiger partial charge in [0.15, 0.2) is 6.61 Å². The highest BCUT2D eigenvalue weighted by atomic mass is 35.5. The molecule has 1 aliphatic heterocycles. The number of carbonyl (C=O) groups excluding carboxylic acids is 1. The molecule has 27 heavy (non-hydrogen) atoms. The molecule has 1 aliphatic rings. The molecule has 0 spiro atoms. The summed E-state index contributed by atoms with van der Waals surface area (Å²) < 4.78 is 10.7. The van der Waals surface area contributed by atoms with Crippen LogP contribution in [0.3, 0.4) is 0 Å². The highest BCUT2D eigenvalue weighted by molar-refractivity contribution is 6.35. The number of nitrogens with zero attached hydrogens (tertiary/aromatic N) is 5. The second-order valence-corrected chi connectivity index (χ2v) is 6.73. The van der Waals surface area contributed by atoms with E-state index in [2.05, 4.69) is 20.1 Å². The first-order valence-electron chi connectivity index (χ1n) is 8.07. The number of halogens is 2. The monoisotopic (exact) mass is 405 g/mol. The van der Waals surface area contributed by atoms with Crippen LogP contribution >= 0.6 is 23.2 Å². The molecule has 8 nitrogen and oxygen atoms in total. The molecular weight excluding hydrogens is 393 g/mol. The van der Waals surface area contributed by atoms with Crippen molar-refractivity contribution in [2.45, 2.75) is 5.92 Å². The van der Waals surface area contributed by atoms with Crippen LogP contribution in [0.1, 0.15) is 11.8 Å². The Morgan fingerprint density at radius 3 is 2.74 bits per heavy atom. The van der Waals surface area contributed by atoms with Crippen LogP contribution in [-0.4, -0.2) is 50.6 Å². The Morgan fingerprint density at radius 2 is 2.00 bits per heavy atom. The van der Waals surface area contributed by atoms with Crippen LogP contribution in [0.25, 0.3) is 11.6 Å². The fourth-order valence-electron chi connectivity index (χ4n) is 2.57. The molecule has 3 heterocycles. The summed E-state index contributed by atoms with van der Waals surface area (Å²) in [5, 5.41) is 4.75. The Labute approximate surface area is 164 Å². The third-order valence-electron chi connectivity index (χ3n) is 4.04. The van der Waals surface area contributed by atoms with Crippen LogP contribution in [0, 0.1) is 0 Å². The fraction of sp³-hybridized carbons (Fsp3) is 0.235. The number of carbonyl (C=O) groups is 1. The normalized spacial score (nSPS) is 14.1. The lowest BCUT2D eigenvalue weighted by Crippen LogP contribution is -2.50. The number of rotatable bonds is 5. The van der Waals surface area contributed by atoms with E-state index in [1.165, 1.54) is 0 Å². The molecule has 0 bridgehead atoms. The molecule has 4 rings (SSSR count). The second-order valence-electron chi connectivity index (χ2n) is 5.89. The summed E-state index contributed by atoms with van der Waals surface area (Å²) >= 11 is 11.9. The van der Waals surface area contributed by atoms with Crippen molar-refractivity contribution in [3.05, 3.63) is 52.6 Å². The maximum atomic E-state index is 12.2. The third-order valence-corrected chi connectivity index (χ3v) is 4.57. The molecule has 138 valence electrons. The lowest BCUT2D eigenvalue weighted by Gasteiger charge is -2.36. The van der Waals surface area contributed by atoms with E-state index in [0.29, 0.717) is 46.4 Å². The summed E-state index contributed by atoms with van der Waals surface area (Å²) in [5.41, 5.74) is 0. The van der Waals surface area contributed by atoms with E-state index in [4.69, 9.17) is 32.5 Å². The van der Waals surface area contributed by atoms with Gasteiger partial charge in [0.2, 0.25) is 17.5 Å². The summed E-state index contributed by atoms with van der Waals surface area (Å²) in [6, 6.07) is 6.55. The van der Waals surface area contributed by atoms with Crippen LogP contribution in [0.2, 0.25) is 10.0 Å². The van der Waals surface area contributed by atoms with Crippen molar-refractivity contribution in [2.75, 3.05) is 19.7 Å². The van der Waals surface area contributed by atoms with E-state index >= 15 is 0 Å². The van der Waals surface area contributed by atoms with Crippen molar-refractivity contribution in [2.24, 2.45) is 0 Å². The standard InChI is InChI=1S/C17H13Cl2N5O3/c18-11-2-3-13(12(19)6-11)26-9-14(25)24-7-10(8-24)17-22-16(23-27-17)15-20-4-1-5-21-15/h1-6,10H,7-9H2. The molecule has 0 unspecified atom stereocenters. The second kappa shape index (κ2) is 7.50. The predicted octanol–water partition coefficient (Wildman–Crippen LogP) is 2.84. The topological polar surface area (TPSA) is 94.2 Å². The van der Waals surface area contributed by atoms with Gasteiger partial charge in [-0.05, 0) is 24.3 Å². The van der Waals surface area contributed by atoms with Crippen LogP contribution in [0.4, 0.5) is 0 Å². The van der Waals surface area contributed by atoms with E-state index in [1.54, 1.807) is 41.6 Å². The van der Waals surface area contributed by atoms with E-state index in [1.807, 2.05) is 0 Å². The molecule has 0 N–H and O–H groups in total. The van der Waals surface area contributed by atoms with Gasteiger partial charge in [0, 0.05) is 30.5 Å². The average Bonchev–Trinajstić information content (AvgIpc) is 3.10. The highest BCUT2D eigenvalue weighted by Crippen LogP contribution is 2.29. The zero-order valence-electron chi connectivity index (χ0n) is 13.9. The van der Waals surface area contributed by atoms with Crippen molar-refractivity contribution >= 4 is 29.1 Å². The van der Waals surface area contributed by atoms with Gasteiger partial charge in [0.1, 0.15) is 5.75 Å². The zero-order valence-corrected chi connectivity index (χ0v) is 15.4. The maximum absolute atomic E-state index is 12.2. The van der Waals surface area contributed by atoms with Crippen molar-refractivity contribution in [3.63, 3.8) is 0 Å². The molecule has 1 saturated heterocycles. The minimum atomic E-state index is -0.150. The molecule has 1 aromatic carbocycles. The number of likely N-dealkylation sites (tertiary alicyclic amines) is 1. The lowest BCUT2D eigenvalue weighted by molar-refractivity contribution is -0.138. The van der Waals surface area contributed by atoms with Gasteiger partial charge in [-0.2, -0.15) is 4.98 Å². The molecule has 10 heteroatoms. The largest absolute Gasteiger partial charge is 0.482 e. The first-order valence-corrected chi connectivity index (χ1v) is 8.82. The first kappa shape index (κ1) is 17.7. The SMILES string of the molecule is O=C(COc1ccc(Cl)cc1Cl)N1CC(c2nc(-c3ncccn3)no2)C1. The minimum absolute atomic E-state index is 0.0157. The number of hydrogen-bond acceptors (Lipinski definition) is 7. The Balaban J connectivity index is 1.30. The summed E-state index contributed by atoms with van der Waals surface area (Å²) in [7, 11) is 0. The molecular formula is C17H13Cl2N5O3. The summed E-state index contributed by atoms with van der Waals surface area (Å²) in [5.74, 6) is 1.43. The average molecular weight is 406 g/mol. The molecule has 1 amide bonds. The van der Waals surface area contributed by atoms with Gasteiger partial charge in [-0.25, -0.2) is 9.97 Å². The Kier molecular flexibility index (Phi) is 4.91. The Hall–Kier alpha value is -2.71.